The van der Waals surface area contributed by atoms with E-state index in [0.29, 0.717) is 5.95 Å². The highest BCUT2D eigenvalue weighted by Gasteiger charge is 2.41. The van der Waals surface area contributed by atoms with Gasteiger partial charge in [0.2, 0.25) is 5.95 Å². The van der Waals surface area contributed by atoms with Crippen molar-refractivity contribution in [1.82, 2.24) is 14.9 Å². The van der Waals surface area contributed by atoms with Gasteiger partial charge in [0.15, 0.2) is 0 Å². The van der Waals surface area contributed by atoms with Crippen LogP contribution < -0.4 is 5.32 Å². The minimum Gasteiger partial charge on any atom is -0.480 e. The summed E-state index contributed by atoms with van der Waals surface area (Å²) in [6.07, 6.45) is 6.58. The number of hydrogen-bond donors (Lipinski definition) is 2. The van der Waals surface area contributed by atoms with Crippen molar-refractivity contribution in [3.63, 3.8) is 0 Å². The zero-order chi connectivity index (χ0) is 18.0. The quantitative estimate of drug-likeness (QED) is 0.829. The van der Waals surface area contributed by atoms with Gasteiger partial charge in [0.1, 0.15) is 6.54 Å². The second-order valence-electron chi connectivity index (χ2n) is 6.79. The first kappa shape index (κ1) is 17.4. The lowest BCUT2D eigenvalue weighted by Crippen LogP contribution is -2.45. The number of aromatic nitrogens is 2. The van der Waals surface area contributed by atoms with E-state index in [2.05, 4.69) is 31.6 Å². The van der Waals surface area contributed by atoms with E-state index >= 15 is 0 Å². The van der Waals surface area contributed by atoms with E-state index in [1.165, 1.54) is 10.4 Å². The maximum absolute atomic E-state index is 10.6. The first-order valence-electron chi connectivity index (χ1n) is 8.84. The molecule has 1 saturated heterocycles. The van der Waals surface area contributed by atoms with E-state index < -0.39 is 5.97 Å². The number of piperidine rings is 1. The number of rotatable bonds is 5. The van der Waals surface area contributed by atoms with Crippen LogP contribution in [0.3, 0.4) is 0 Å². The van der Waals surface area contributed by atoms with Gasteiger partial charge in [-0.2, -0.15) is 0 Å². The SMILES string of the molecule is O=C(O)CNc1ncc(CN2CCC3(CC2)OCCc2sccc23)cn1. The van der Waals surface area contributed by atoms with Crippen LogP contribution in [0, 0.1) is 0 Å². The van der Waals surface area contributed by atoms with Crippen LogP contribution in [0.25, 0.3) is 0 Å². The molecule has 0 bridgehead atoms. The predicted molar refractivity (Wildman–Crippen MR) is 98.3 cm³/mol. The van der Waals surface area contributed by atoms with Crippen molar-refractivity contribution in [2.45, 2.75) is 31.4 Å². The molecule has 1 spiro atoms. The van der Waals surface area contributed by atoms with Gasteiger partial charge in [-0.3, -0.25) is 9.69 Å². The molecule has 1 fully saturated rings. The van der Waals surface area contributed by atoms with Crippen LogP contribution >= 0.6 is 11.3 Å². The number of ether oxygens (including phenoxy) is 1. The summed E-state index contributed by atoms with van der Waals surface area (Å²) in [5.41, 5.74) is 2.35. The van der Waals surface area contributed by atoms with E-state index in [1.807, 2.05) is 11.3 Å². The molecule has 4 rings (SSSR count). The fourth-order valence-corrected chi connectivity index (χ4v) is 4.73. The molecule has 0 unspecified atom stereocenters. The minimum absolute atomic E-state index is 0.0921. The second-order valence-corrected chi connectivity index (χ2v) is 7.79. The number of fused-ring (bicyclic) bond motifs is 2. The normalized spacial score (nSPS) is 19.2. The van der Waals surface area contributed by atoms with Crippen molar-refractivity contribution in [2.75, 3.05) is 31.6 Å². The summed E-state index contributed by atoms with van der Waals surface area (Å²) in [6, 6.07) is 2.24. The summed E-state index contributed by atoms with van der Waals surface area (Å²) in [4.78, 5) is 22.8. The number of anilines is 1. The van der Waals surface area contributed by atoms with Crippen molar-refractivity contribution >= 4 is 23.3 Å². The molecule has 26 heavy (non-hydrogen) atoms. The first-order chi connectivity index (χ1) is 12.6. The minimum atomic E-state index is -0.932. The molecule has 0 amide bonds. The zero-order valence-electron chi connectivity index (χ0n) is 14.5. The smallest absolute Gasteiger partial charge is 0.322 e. The molecule has 2 N–H and O–H groups in total. The molecule has 2 aromatic rings. The van der Waals surface area contributed by atoms with Crippen LogP contribution in [0.2, 0.25) is 0 Å². The molecule has 0 aromatic carbocycles. The van der Waals surface area contributed by atoms with Crippen molar-refractivity contribution in [3.8, 4) is 0 Å². The van der Waals surface area contributed by atoms with Gasteiger partial charge in [-0.15, -0.1) is 11.3 Å². The maximum atomic E-state index is 10.6. The van der Waals surface area contributed by atoms with Gasteiger partial charge >= 0.3 is 5.97 Å². The van der Waals surface area contributed by atoms with Crippen LogP contribution in [-0.4, -0.2) is 52.2 Å². The number of thiophene rings is 1. The Hall–Kier alpha value is -2.03. The number of nitrogens with zero attached hydrogens (tertiary/aromatic N) is 3. The Balaban J connectivity index is 1.34. The average Bonchev–Trinajstić information content (AvgIpc) is 3.14. The summed E-state index contributed by atoms with van der Waals surface area (Å²) >= 11 is 1.85. The number of nitrogens with one attached hydrogen (secondary N) is 1. The first-order valence-corrected chi connectivity index (χ1v) is 9.72. The third-order valence-electron chi connectivity index (χ3n) is 5.12. The molecule has 8 heteroatoms. The van der Waals surface area contributed by atoms with Gasteiger partial charge in [0.05, 0.1) is 12.2 Å². The number of aliphatic carboxylic acids is 1. The molecule has 4 heterocycles. The van der Waals surface area contributed by atoms with Crippen molar-refractivity contribution < 1.29 is 14.6 Å². The summed E-state index contributed by atoms with van der Waals surface area (Å²) in [6.45, 7) is 3.40. The molecule has 0 aliphatic carbocycles. The van der Waals surface area contributed by atoms with E-state index in [1.54, 1.807) is 12.4 Å². The van der Waals surface area contributed by atoms with Crippen LogP contribution in [0.5, 0.6) is 0 Å². The number of likely N-dealkylation sites (tertiary alicyclic amines) is 1. The molecule has 0 radical (unpaired) electrons. The fourth-order valence-electron chi connectivity index (χ4n) is 3.78. The Morgan fingerprint density at radius 1 is 1.35 bits per heavy atom. The van der Waals surface area contributed by atoms with Gasteiger partial charge in [-0.1, -0.05) is 0 Å². The molecular weight excluding hydrogens is 352 g/mol. The third-order valence-corrected chi connectivity index (χ3v) is 6.10. The Morgan fingerprint density at radius 2 is 2.12 bits per heavy atom. The van der Waals surface area contributed by atoms with Crippen LogP contribution in [-0.2, 0) is 28.1 Å². The summed E-state index contributed by atoms with van der Waals surface area (Å²) in [5.74, 6) is -0.590. The molecule has 0 saturated carbocycles. The van der Waals surface area contributed by atoms with Crippen LogP contribution in [0.1, 0.15) is 28.8 Å². The third kappa shape index (κ3) is 3.58. The largest absolute Gasteiger partial charge is 0.480 e. The number of hydrogen-bond acceptors (Lipinski definition) is 7. The number of carboxylic acid groups (broad SMARTS) is 1. The highest BCUT2D eigenvalue weighted by molar-refractivity contribution is 7.10. The average molecular weight is 374 g/mol. The molecule has 2 aliphatic rings. The Labute approximate surface area is 156 Å². The van der Waals surface area contributed by atoms with Gasteiger partial charge in [-0.05, 0) is 29.9 Å². The topological polar surface area (TPSA) is 87.6 Å². The fraction of sp³-hybridized carbons (Fsp3) is 0.500. The summed E-state index contributed by atoms with van der Waals surface area (Å²) in [5, 5.41) is 13.5. The van der Waals surface area contributed by atoms with Gasteiger partial charge < -0.3 is 15.2 Å². The lowest BCUT2D eigenvalue weighted by atomic mass is 9.82. The second kappa shape index (κ2) is 7.30. The monoisotopic (exact) mass is 374 g/mol. The highest BCUT2D eigenvalue weighted by atomic mass is 32.1. The zero-order valence-corrected chi connectivity index (χ0v) is 15.3. The predicted octanol–water partition coefficient (Wildman–Crippen LogP) is 2.10. The number of carboxylic acids is 1. The van der Waals surface area contributed by atoms with Crippen molar-refractivity contribution in [2.24, 2.45) is 0 Å². The lowest BCUT2D eigenvalue weighted by Gasteiger charge is -2.44. The molecule has 138 valence electrons. The molecule has 2 aliphatic heterocycles. The van der Waals surface area contributed by atoms with E-state index in [9.17, 15) is 4.79 Å². The van der Waals surface area contributed by atoms with Crippen LogP contribution in [0.15, 0.2) is 23.8 Å². The summed E-state index contributed by atoms with van der Waals surface area (Å²) < 4.78 is 6.25. The maximum Gasteiger partial charge on any atom is 0.322 e. The van der Waals surface area contributed by atoms with E-state index in [4.69, 9.17) is 9.84 Å². The number of carbonyl (C=O) groups is 1. The Morgan fingerprint density at radius 3 is 2.85 bits per heavy atom. The molecule has 0 atom stereocenters. The standard InChI is InChI=1S/C18H22N4O3S/c23-16(24)11-21-17-19-9-13(10-20-17)12-22-5-3-18(4-6-22)14-2-8-26-15(14)1-7-25-18/h2,8-10H,1,3-7,11-12H2,(H,23,24)(H,19,20,21). The van der Waals surface area contributed by atoms with Gasteiger partial charge in [-0.25, -0.2) is 9.97 Å². The van der Waals surface area contributed by atoms with Crippen LogP contribution in [0.4, 0.5) is 5.95 Å². The highest BCUT2D eigenvalue weighted by Crippen LogP contribution is 2.43. The van der Waals surface area contributed by atoms with E-state index in [0.717, 1.165) is 51.1 Å². The Bertz CT molecular complexity index is 769. The van der Waals surface area contributed by atoms with Crippen molar-refractivity contribution in [3.05, 3.63) is 39.8 Å². The molecular formula is C18H22N4O3S. The molecule has 7 nitrogen and oxygen atoms in total. The van der Waals surface area contributed by atoms with E-state index in [-0.39, 0.29) is 12.1 Å². The Kier molecular flexibility index (Phi) is 4.88. The van der Waals surface area contributed by atoms with Gasteiger partial charge in [0.25, 0.3) is 0 Å². The lowest BCUT2D eigenvalue weighted by molar-refractivity contribution is -0.134. The summed E-state index contributed by atoms with van der Waals surface area (Å²) in [7, 11) is 0. The van der Waals surface area contributed by atoms with Gasteiger partial charge in [0, 0.05) is 48.9 Å². The molecule has 2 aromatic heterocycles. The van der Waals surface area contributed by atoms with Crippen molar-refractivity contribution in [1.29, 1.82) is 0 Å².